The zero-order chi connectivity index (χ0) is 21.0. The van der Waals surface area contributed by atoms with Gasteiger partial charge in [-0.2, -0.15) is 5.10 Å². The fraction of sp³-hybridized carbons (Fsp3) is 0.211. The molecule has 0 spiro atoms. The van der Waals surface area contributed by atoms with Gasteiger partial charge in [-0.15, -0.1) is 0 Å². The molecule has 0 saturated heterocycles. The molecular formula is C19H19ClN6O3. The van der Waals surface area contributed by atoms with Gasteiger partial charge in [0.1, 0.15) is 18.3 Å². The van der Waals surface area contributed by atoms with Gasteiger partial charge in [-0.05, 0) is 43.8 Å². The van der Waals surface area contributed by atoms with Crippen molar-refractivity contribution in [3.63, 3.8) is 0 Å². The first-order valence-corrected chi connectivity index (χ1v) is 9.12. The molecule has 3 rings (SSSR count). The van der Waals surface area contributed by atoms with Crippen molar-refractivity contribution < 1.29 is 9.72 Å². The van der Waals surface area contributed by atoms with E-state index in [9.17, 15) is 14.9 Å². The molecule has 0 aliphatic carbocycles. The fourth-order valence-corrected chi connectivity index (χ4v) is 2.98. The number of nitrogens with one attached hydrogen (secondary N) is 1. The van der Waals surface area contributed by atoms with Crippen LogP contribution in [-0.4, -0.2) is 44.1 Å². The predicted molar refractivity (Wildman–Crippen MR) is 109 cm³/mol. The number of halogens is 1. The van der Waals surface area contributed by atoms with Gasteiger partial charge in [0.15, 0.2) is 0 Å². The lowest BCUT2D eigenvalue weighted by atomic mass is 10.1. The van der Waals surface area contributed by atoms with Crippen molar-refractivity contribution in [1.82, 2.24) is 19.7 Å². The smallest absolute Gasteiger partial charge is 0.294 e. The summed E-state index contributed by atoms with van der Waals surface area (Å²) in [5.74, 6) is -0.357. The Hall–Kier alpha value is -3.30. The number of nitro benzene ring substituents is 1. The Balaban J connectivity index is 1.64. The third-order valence-electron chi connectivity index (χ3n) is 4.54. The van der Waals surface area contributed by atoms with Crippen LogP contribution in [-0.2, 0) is 4.79 Å². The molecule has 0 unspecified atom stereocenters. The van der Waals surface area contributed by atoms with E-state index in [1.165, 1.54) is 24.5 Å². The summed E-state index contributed by atoms with van der Waals surface area (Å²) < 4.78 is 1.66. The fourth-order valence-electron chi connectivity index (χ4n) is 2.82. The maximum Gasteiger partial charge on any atom is 0.294 e. The van der Waals surface area contributed by atoms with Gasteiger partial charge in [-0.1, -0.05) is 23.7 Å². The zero-order valence-corrected chi connectivity index (χ0v) is 16.6. The van der Waals surface area contributed by atoms with Gasteiger partial charge in [0.25, 0.3) is 5.69 Å². The van der Waals surface area contributed by atoms with Crippen molar-refractivity contribution >= 4 is 28.9 Å². The lowest BCUT2D eigenvalue weighted by Gasteiger charge is -2.24. The monoisotopic (exact) mass is 414 g/mol. The molecule has 1 heterocycles. The summed E-state index contributed by atoms with van der Waals surface area (Å²) in [6.07, 6.45) is 3.08. The number of likely N-dealkylation sites (N-methyl/N-ethyl adjacent to an activating group) is 1. The molecule has 0 aliphatic heterocycles. The van der Waals surface area contributed by atoms with Crippen molar-refractivity contribution in [2.75, 3.05) is 18.9 Å². The van der Waals surface area contributed by atoms with Crippen molar-refractivity contribution in [2.24, 2.45) is 0 Å². The quantitative estimate of drug-likeness (QED) is 0.468. The summed E-state index contributed by atoms with van der Waals surface area (Å²) in [6, 6.07) is 11.8. The van der Waals surface area contributed by atoms with Crippen LogP contribution in [0.3, 0.4) is 0 Å². The van der Waals surface area contributed by atoms with Crippen LogP contribution in [0.2, 0.25) is 5.02 Å². The second-order valence-electron chi connectivity index (χ2n) is 6.49. The van der Waals surface area contributed by atoms with E-state index in [1.807, 2.05) is 43.1 Å². The number of rotatable bonds is 7. The Labute approximate surface area is 172 Å². The Morgan fingerprint density at radius 3 is 2.66 bits per heavy atom. The second-order valence-corrected chi connectivity index (χ2v) is 6.93. The number of aromatic nitrogens is 3. The van der Waals surface area contributed by atoms with Crippen LogP contribution in [0, 0.1) is 10.1 Å². The number of carbonyl (C=O) groups is 1. The van der Waals surface area contributed by atoms with Crippen LogP contribution < -0.4 is 5.32 Å². The van der Waals surface area contributed by atoms with Crippen molar-refractivity contribution in [3.8, 4) is 5.69 Å². The third-order valence-corrected chi connectivity index (χ3v) is 4.78. The normalized spacial score (nSPS) is 12.0. The summed E-state index contributed by atoms with van der Waals surface area (Å²) in [7, 11) is 1.81. The molecule has 9 nitrogen and oxygen atoms in total. The molecule has 3 aromatic rings. The zero-order valence-electron chi connectivity index (χ0n) is 15.8. The van der Waals surface area contributed by atoms with Gasteiger partial charge in [-0.3, -0.25) is 19.8 Å². The highest BCUT2D eigenvalue weighted by Crippen LogP contribution is 2.28. The minimum atomic E-state index is -0.579. The number of hydrogen-bond donors (Lipinski definition) is 1. The molecular weight excluding hydrogens is 396 g/mol. The Kier molecular flexibility index (Phi) is 6.20. The molecule has 150 valence electrons. The highest BCUT2D eigenvalue weighted by atomic mass is 35.5. The van der Waals surface area contributed by atoms with Crippen LogP contribution in [0.5, 0.6) is 0 Å². The average Bonchev–Trinajstić information content (AvgIpc) is 3.23. The first-order chi connectivity index (χ1) is 13.8. The summed E-state index contributed by atoms with van der Waals surface area (Å²) in [5.41, 5.74) is 1.77. The lowest BCUT2D eigenvalue weighted by Crippen LogP contribution is -2.32. The van der Waals surface area contributed by atoms with E-state index >= 15 is 0 Å². The maximum atomic E-state index is 12.4. The van der Waals surface area contributed by atoms with E-state index in [4.69, 9.17) is 11.6 Å². The van der Waals surface area contributed by atoms with Crippen LogP contribution in [0.1, 0.15) is 18.5 Å². The third kappa shape index (κ3) is 4.95. The Morgan fingerprint density at radius 1 is 1.31 bits per heavy atom. The van der Waals surface area contributed by atoms with Gasteiger partial charge in [0.2, 0.25) is 5.91 Å². The molecule has 1 amide bonds. The minimum Gasteiger partial charge on any atom is -0.319 e. The molecule has 0 saturated carbocycles. The average molecular weight is 415 g/mol. The van der Waals surface area contributed by atoms with Gasteiger partial charge < -0.3 is 5.32 Å². The van der Waals surface area contributed by atoms with Gasteiger partial charge in [0.05, 0.1) is 17.2 Å². The van der Waals surface area contributed by atoms with Gasteiger partial charge in [-0.25, -0.2) is 9.67 Å². The standard InChI is InChI=1S/C19H19ClN6O3/c1-13(14-3-6-16(7-4-14)25-12-21-11-22-25)24(2)10-19(27)23-17-8-5-15(20)9-18(17)26(28)29/h3-9,11-13H,10H2,1-2H3,(H,23,27)/t13-/m1/s1. The minimum absolute atomic E-state index is 0.0502. The maximum absolute atomic E-state index is 12.4. The predicted octanol–water partition coefficient (Wildman–Crippen LogP) is 3.46. The summed E-state index contributed by atoms with van der Waals surface area (Å²) in [6.45, 7) is 2.04. The highest BCUT2D eigenvalue weighted by molar-refractivity contribution is 6.31. The van der Waals surface area contributed by atoms with Crippen LogP contribution in [0.4, 0.5) is 11.4 Å². The molecule has 0 fully saturated rings. The summed E-state index contributed by atoms with van der Waals surface area (Å²) in [4.78, 5) is 28.8. The summed E-state index contributed by atoms with van der Waals surface area (Å²) >= 11 is 5.80. The van der Waals surface area contributed by atoms with E-state index in [0.29, 0.717) is 0 Å². The second kappa shape index (κ2) is 8.80. The number of amides is 1. The summed E-state index contributed by atoms with van der Waals surface area (Å²) in [5, 5.41) is 18.1. The van der Waals surface area contributed by atoms with E-state index < -0.39 is 4.92 Å². The number of carbonyl (C=O) groups excluding carboxylic acids is 1. The lowest BCUT2D eigenvalue weighted by molar-refractivity contribution is -0.383. The van der Waals surface area contributed by atoms with Crippen LogP contribution >= 0.6 is 11.6 Å². The van der Waals surface area contributed by atoms with Gasteiger partial charge >= 0.3 is 0 Å². The largest absolute Gasteiger partial charge is 0.319 e. The molecule has 10 heteroatoms. The number of nitro groups is 1. The number of benzene rings is 2. The molecule has 1 N–H and O–H groups in total. The van der Waals surface area contributed by atoms with Crippen molar-refractivity contribution in [1.29, 1.82) is 0 Å². The van der Waals surface area contributed by atoms with Gasteiger partial charge in [0, 0.05) is 17.1 Å². The van der Waals surface area contributed by atoms with E-state index in [0.717, 1.165) is 11.3 Å². The van der Waals surface area contributed by atoms with Crippen LogP contribution in [0.25, 0.3) is 5.69 Å². The molecule has 1 aromatic heterocycles. The van der Waals surface area contributed by atoms with Crippen molar-refractivity contribution in [3.05, 3.63) is 75.8 Å². The Bertz CT molecular complexity index is 1010. The van der Waals surface area contributed by atoms with Crippen molar-refractivity contribution in [2.45, 2.75) is 13.0 Å². The number of anilines is 1. The SMILES string of the molecule is C[C@H](c1ccc(-n2cncn2)cc1)N(C)CC(=O)Nc1ccc(Cl)cc1[N+](=O)[O-]. The number of hydrogen-bond acceptors (Lipinski definition) is 6. The molecule has 1 atom stereocenters. The van der Waals surface area contributed by atoms with E-state index in [-0.39, 0.29) is 34.9 Å². The molecule has 0 bridgehead atoms. The highest BCUT2D eigenvalue weighted by Gasteiger charge is 2.19. The van der Waals surface area contributed by atoms with E-state index in [2.05, 4.69) is 15.4 Å². The molecule has 2 aromatic carbocycles. The Morgan fingerprint density at radius 2 is 2.03 bits per heavy atom. The molecule has 29 heavy (non-hydrogen) atoms. The first kappa shape index (κ1) is 20.4. The van der Waals surface area contributed by atoms with Crippen LogP contribution in [0.15, 0.2) is 55.1 Å². The molecule has 0 aliphatic rings. The first-order valence-electron chi connectivity index (χ1n) is 8.74. The number of nitrogens with zero attached hydrogens (tertiary/aromatic N) is 5. The molecule has 0 radical (unpaired) electrons. The topological polar surface area (TPSA) is 106 Å². The van der Waals surface area contributed by atoms with E-state index in [1.54, 1.807) is 11.0 Å².